The molecule has 0 spiro atoms. The number of hydrogen-bond acceptors (Lipinski definition) is 1. The van der Waals surface area contributed by atoms with E-state index in [1.165, 1.54) is 15.0 Å². The summed E-state index contributed by atoms with van der Waals surface area (Å²) in [5, 5.41) is 4.62. The lowest BCUT2D eigenvalue weighted by molar-refractivity contribution is 1.43. The summed E-state index contributed by atoms with van der Waals surface area (Å²) in [6.07, 6.45) is 0. The zero-order chi connectivity index (χ0) is 13.4. The van der Waals surface area contributed by atoms with Crippen LogP contribution in [0.5, 0.6) is 0 Å². The van der Waals surface area contributed by atoms with Crippen molar-refractivity contribution in [2.75, 3.05) is 0 Å². The lowest BCUT2D eigenvalue weighted by Crippen LogP contribution is -2.55. The van der Waals surface area contributed by atoms with Crippen molar-refractivity contribution >= 4 is 36.1 Å². The van der Waals surface area contributed by atoms with Gasteiger partial charge in [0, 0.05) is 9.79 Å². The summed E-state index contributed by atoms with van der Waals surface area (Å²) in [6, 6.07) is 28.8. The standard InChI is InChI=1S/C18H14SSi/c1-2-8-14(9-3-1)20-17-12-6-4-10-15(17)19-16-11-5-7-13-18(16)20/h1-13,20H. The maximum Gasteiger partial charge on any atom is 0.135 e. The molecule has 0 aromatic heterocycles. The lowest BCUT2D eigenvalue weighted by atomic mass is 10.3. The van der Waals surface area contributed by atoms with Gasteiger partial charge in [-0.2, -0.15) is 0 Å². The highest BCUT2D eigenvalue weighted by atomic mass is 32.2. The fourth-order valence-corrected chi connectivity index (χ4v) is 7.91. The van der Waals surface area contributed by atoms with Crippen LogP contribution in [-0.2, 0) is 0 Å². The Balaban J connectivity index is 1.98. The SMILES string of the molecule is c1ccc([SiH]2c3ccccc3Sc3ccccc32)cc1. The first-order valence-electron chi connectivity index (χ1n) is 6.84. The molecule has 3 aromatic rings. The molecular weight excluding hydrogens is 276 g/mol. The van der Waals surface area contributed by atoms with E-state index in [4.69, 9.17) is 0 Å². The number of rotatable bonds is 1. The molecule has 1 heterocycles. The quantitative estimate of drug-likeness (QED) is 0.485. The fraction of sp³-hybridized carbons (Fsp3) is 0. The summed E-state index contributed by atoms with van der Waals surface area (Å²) in [5.41, 5.74) is 0. The molecule has 0 unspecified atom stereocenters. The average molecular weight is 290 g/mol. The second-order valence-electron chi connectivity index (χ2n) is 5.02. The third kappa shape index (κ3) is 1.92. The van der Waals surface area contributed by atoms with Crippen LogP contribution in [0.4, 0.5) is 0 Å². The van der Waals surface area contributed by atoms with E-state index < -0.39 is 8.80 Å². The molecule has 0 radical (unpaired) electrons. The molecule has 0 aliphatic carbocycles. The maximum absolute atomic E-state index is 2.32. The predicted octanol–water partition coefficient (Wildman–Crippen LogP) is 2.40. The third-order valence-corrected chi connectivity index (χ3v) is 8.72. The van der Waals surface area contributed by atoms with Gasteiger partial charge in [-0.25, -0.2) is 0 Å². The van der Waals surface area contributed by atoms with E-state index in [2.05, 4.69) is 78.9 Å². The summed E-state index contributed by atoms with van der Waals surface area (Å²) < 4.78 is 0. The molecule has 2 heteroatoms. The number of fused-ring (bicyclic) bond motifs is 2. The summed E-state index contributed by atoms with van der Waals surface area (Å²) >= 11 is 1.92. The van der Waals surface area contributed by atoms with Crippen LogP contribution >= 0.6 is 11.8 Å². The smallest absolute Gasteiger partial charge is 0.0903 e. The van der Waals surface area contributed by atoms with Crippen LogP contribution in [0.2, 0.25) is 0 Å². The molecule has 4 rings (SSSR count). The van der Waals surface area contributed by atoms with Crippen molar-refractivity contribution < 1.29 is 0 Å². The Morgan fingerprint density at radius 2 is 1.05 bits per heavy atom. The summed E-state index contributed by atoms with van der Waals surface area (Å²) in [4.78, 5) is 2.87. The number of benzene rings is 3. The van der Waals surface area contributed by atoms with Crippen molar-refractivity contribution in [3.8, 4) is 0 Å². The highest BCUT2D eigenvalue weighted by molar-refractivity contribution is 8.00. The van der Waals surface area contributed by atoms with Crippen molar-refractivity contribution in [2.45, 2.75) is 9.79 Å². The van der Waals surface area contributed by atoms with Crippen molar-refractivity contribution in [3.05, 3.63) is 78.9 Å². The van der Waals surface area contributed by atoms with Crippen LogP contribution in [0.3, 0.4) is 0 Å². The fourth-order valence-electron chi connectivity index (χ4n) is 2.91. The summed E-state index contributed by atoms with van der Waals surface area (Å²) in [5.74, 6) is 0. The van der Waals surface area contributed by atoms with E-state index in [-0.39, 0.29) is 0 Å². The Morgan fingerprint density at radius 1 is 0.550 bits per heavy atom. The molecule has 0 saturated heterocycles. The van der Waals surface area contributed by atoms with Gasteiger partial charge in [0.15, 0.2) is 0 Å². The highest BCUT2D eigenvalue weighted by Gasteiger charge is 2.28. The number of hydrogen-bond donors (Lipinski definition) is 0. The zero-order valence-corrected chi connectivity index (χ0v) is 13.0. The van der Waals surface area contributed by atoms with Crippen LogP contribution in [0.1, 0.15) is 0 Å². The molecule has 3 aromatic carbocycles. The summed E-state index contributed by atoms with van der Waals surface area (Å²) in [6.45, 7) is 0. The Labute approximate surface area is 125 Å². The minimum Gasteiger partial charge on any atom is -0.0903 e. The average Bonchev–Trinajstić information content (AvgIpc) is 2.53. The van der Waals surface area contributed by atoms with Crippen molar-refractivity contribution in [1.29, 1.82) is 0 Å². The van der Waals surface area contributed by atoms with Gasteiger partial charge in [-0.1, -0.05) is 83.7 Å². The van der Waals surface area contributed by atoms with Gasteiger partial charge in [0.05, 0.1) is 0 Å². The van der Waals surface area contributed by atoms with Crippen LogP contribution in [0.15, 0.2) is 88.7 Å². The predicted molar refractivity (Wildman–Crippen MR) is 89.5 cm³/mol. The third-order valence-electron chi connectivity index (χ3n) is 3.81. The van der Waals surface area contributed by atoms with E-state index in [0.717, 1.165) is 0 Å². The topological polar surface area (TPSA) is 0 Å². The second-order valence-corrected chi connectivity index (χ2v) is 8.88. The van der Waals surface area contributed by atoms with Gasteiger partial charge in [-0.3, -0.25) is 0 Å². The lowest BCUT2D eigenvalue weighted by Gasteiger charge is -2.27. The summed E-state index contributed by atoms with van der Waals surface area (Å²) in [7, 11) is -1.30. The Kier molecular flexibility index (Phi) is 2.98. The van der Waals surface area contributed by atoms with Crippen LogP contribution in [-0.4, -0.2) is 8.80 Å². The van der Waals surface area contributed by atoms with E-state index in [1.54, 1.807) is 10.4 Å². The van der Waals surface area contributed by atoms with Gasteiger partial charge in [0.1, 0.15) is 8.80 Å². The molecular formula is C18H14SSi. The molecule has 1 aliphatic rings. The molecule has 0 atom stereocenters. The van der Waals surface area contributed by atoms with Gasteiger partial charge in [0.2, 0.25) is 0 Å². The molecule has 96 valence electrons. The molecule has 0 saturated carbocycles. The van der Waals surface area contributed by atoms with E-state index in [1.807, 2.05) is 11.8 Å². The van der Waals surface area contributed by atoms with E-state index >= 15 is 0 Å². The monoisotopic (exact) mass is 290 g/mol. The first-order valence-corrected chi connectivity index (χ1v) is 9.39. The first kappa shape index (κ1) is 12.0. The Hall–Kier alpha value is -1.77. The van der Waals surface area contributed by atoms with Crippen LogP contribution < -0.4 is 15.6 Å². The van der Waals surface area contributed by atoms with E-state index in [0.29, 0.717) is 0 Å². The molecule has 0 nitrogen and oxygen atoms in total. The normalized spacial score (nSPS) is 13.6. The minimum absolute atomic E-state index is 1.30. The first-order chi connectivity index (χ1) is 9.93. The van der Waals surface area contributed by atoms with Gasteiger partial charge in [0.25, 0.3) is 0 Å². The highest BCUT2D eigenvalue weighted by Crippen LogP contribution is 2.29. The van der Waals surface area contributed by atoms with Gasteiger partial charge >= 0.3 is 0 Å². The van der Waals surface area contributed by atoms with Crippen LogP contribution in [0.25, 0.3) is 0 Å². The molecule has 1 aliphatic heterocycles. The van der Waals surface area contributed by atoms with Crippen LogP contribution in [0, 0.1) is 0 Å². The van der Waals surface area contributed by atoms with Crippen molar-refractivity contribution in [1.82, 2.24) is 0 Å². The molecule has 0 bridgehead atoms. The zero-order valence-electron chi connectivity index (χ0n) is 11.0. The van der Waals surface area contributed by atoms with Gasteiger partial charge < -0.3 is 0 Å². The minimum atomic E-state index is -1.30. The molecule has 0 fully saturated rings. The Bertz CT molecular complexity index is 707. The van der Waals surface area contributed by atoms with Crippen molar-refractivity contribution in [2.24, 2.45) is 0 Å². The Morgan fingerprint density at radius 3 is 1.65 bits per heavy atom. The van der Waals surface area contributed by atoms with Gasteiger partial charge in [-0.05, 0) is 22.5 Å². The molecule has 0 amide bonds. The second kappa shape index (κ2) is 4.96. The van der Waals surface area contributed by atoms with Crippen molar-refractivity contribution in [3.63, 3.8) is 0 Å². The largest absolute Gasteiger partial charge is 0.135 e. The maximum atomic E-state index is 2.32. The van der Waals surface area contributed by atoms with E-state index in [9.17, 15) is 0 Å². The molecule has 20 heavy (non-hydrogen) atoms. The van der Waals surface area contributed by atoms with Gasteiger partial charge in [-0.15, -0.1) is 0 Å². The molecule has 0 N–H and O–H groups in total.